The SMILES string of the molecule is COc1ccc(OC)c(N(CC(=O)N(Cc2ccccc2F)[C@@H](C)C(=O)NC2CCCC2)S(=O)(=O)c2ccc(C)cc2)c1. The van der Waals surface area contributed by atoms with Crippen molar-refractivity contribution in [3.8, 4) is 11.5 Å². The van der Waals surface area contributed by atoms with Crippen molar-refractivity contribution in [3.63, 3.8) is 0 Å². The molecule has 4 rings (SSSR count). The number of carbonyl (C=O) groups excluding carboxylic acids is 2. The van der Waals surface area contributed by atoms with Gasteiger partial charge in [0.2, 0.25) is 11.8 Å². The van der Waals surface area contributed by atoms with Gasteiger partial charge in [0.05, 0.1) is 24.8 Å². The molecule has 0 bridgehead atoms. The molecule has 1 fully saturated rings. The van der Waals surface area contributed by atoms with Crippen LogP contribution in [-0.4, -0.2) is 58.0 Å². The lowest BCUT2D eigenvalue weighted by atomic mass is 10.1. The summed E-state index contributed by atoms with van der Waals surface area (Å²) in [7, 11) is -1.49. The number of nitrogens with one attached hydrogen (secondary N) is 1. The van der Waals surface area contributed by atoms with Gasteiger partial charge in [-0.3, -0.25) is 13.9 Å². The van der Waals surface area contributed by atoms with Crippen LogP contribution in [-0.2, 0) is 26.2 Å². The van der Waals surface area contributed by atoms with Crippen LogP contribution in [0.2, 0.25) is 0 Å². The first-order valence-electron chi connectivity index (χ1n) is 14.2. The third-order valence-corrected chi connectivity index (χ3v) is 9.48. The van der Waals surface area contributed by atoms with Gasteiger partial charge in [-0.05, 0) is 57.0 Å². The second-order valence-electron chi connectivity index (χ2n) is 10.6. The first-order chi connectivity index (χ1) is 20.5. The Balaban J connectivity index is 1.76. The van der Waals surface area contributed by atoms with Crippen LogP contribution in [0.4, 0.5) is 10.1 Å². The Morgan fingerprint density at radius 1 is 1.00 bits per heavy atom. The quantitative estimate of drug-likeness (QED) is 0.315. The van der Waals surface area contributed by atoms with Gasteiger partial charge >= 0.3 is 0 Å². The molecular formula is C32H38FN3O6S. The van der Waals surface area contributed by atoms with E-state index in [-0.39, 0.29) is 40.4 Å². The molecule has 0 aromatic heterocycles. The van der Waals surface area contributed by atoms with Crippen LogP contribution in [0.1, 0.15) is 43.7 Å². The van der Waals surface area contributed by atoms with Crippen molar-refractivity contribution < 1.29 is 31.9 Å². The smallest absolute Gasteiger partial charge is 0.264 e. The van der Waals surface area contributed by atoms with E-state index in [4.69, 9.17) is 9.47 Å². The third kappa shape index (κ3) is 7.45. The number of rotatable bonds is 12. The van der Waals surface area contributed by atoms with E-state index in [0.717, 1.165) is 35.6 Å². The summed E-state index contributed by atoms with van der Waals surface area (Å²) >= 11 is 0. The van der Waals surface area contributed by atoms with Gasteiger partial charge in [-0.15, -0.1) is 0 Å². The molecule has 1 aliphatic carbocycles. The minimum atomic E-state index is -4.33. The van der Waals surface area contributed by atoms with Gasteiger partial charge in [-0.2, -0.15) is 0 Å². The number of amides is 2. The number of methoxy groups -OCH3 is 2. The Morgan fingerprint density at radius 3 is 2.30 bits per heavy atom. The van der Waals surface area contributed by atoms with Crippen molar-refractivity contribution in [2.75, 3.05) is 25.1 Å². The number of hydrogen-bond acceptors (Lipinski definition) is 6. The maximum absolute atomic E-state index is 14.8. The highest BCUT2D eigenvalue weighted by Gasteiger charge is 2.35. The molecule has 9 nitrogen and oxygen atoms in total. The Morgan fingerprint density at radius 2 is 1.67 bits per heavy atom. The van der Waals surface area contributed by atoms with Crippen LogP contribution in [0.25, 0.3) is 0 Å². The number of halogens is 1. The van der Waals surface area contributed by atoms with E-state index in [0.29, 0.717) is 5.75 Å². The lowest BCUT2D eigenvalue weighted by Gasteiger charge is -2.33. The average Bonchev–Trinajstić information content (AvgIpc) is 3.51. The number of hydrogen-bond donors (Lipinski definition) is 1. The van der Waals surface area contributed by atoms with Crippen molar-refractivity contribution in [3.05, 3.63) is 83.7 Å². The van der Waals surface area contributed by atoms with Crippen molar-refractivity contribution in [1.29, 1.82) is 0 Å². The van der Waals surface area contributed by atoms with E-state index in [9.17, 15) is 22.4 Å². The number of benzene rings is 3. The molecule has 43 heavy (non-hydrogen) atoms. The highest BCUT2D eigenvalue weighted by atomic mass is 32.2. The first kappa shape index (κ1) is 31.8. The fourth-order valence-electron chi connectivity index (χ4n) is 5.13. The van der Waals surface area contributed by atoms with E-state index in [1.54, 1.807) is 37.3 Å². The molecule has 1 aliphatic rings. The maximum atomic E-state index is 14.8. The van der Waals surface area contributed by atoms with Gasteiger partial charge in [-0.25, -0.2) is 12.8 Å². The predicted octanol–water partition coefficient (Wildman–Crippen LogP) is 4.82. The maximum Gasteiger partial charge on any atom is 0.264 e. The zero-order valence-electron chi connectivity index (χ0n) is 24.9. The topological polar surface area (TPSA) is 105 Å². The standard InChI is InChI=1S/C32H38FN3O6S/c1-22-13-16-27(17-14-22)43(39,40)36(29-19-26(41-3)15-18-30(29)42-4)21-31(37)35(20-24-9-5-8-12-28(24)33)23(2)32(38)34-25-10-6-7-11-25/h5,8-9,12-19,23,25H,6-7,10-11,20-21H2,1-4H3,(H,34,38)/t23-/m0/s1. The number of aryl methyl sites for hydroxylation is 1. The summed E-state index contributed by atoms with van der Waals surface area (Å²) in [6.07, 6.45) is 3.70. The zero-order valence-corrected chi connectivity index (χ0v) is 25.7. The molecule has 1 saturated carbocycles. The fraction of sp³-hybridized carbons (Fsp3) is 0.375. The van der Waals surface area contributed by atoms with Gasteiger partial charge in [0, 0.05) is 24.2 Å². The lowest BCUT2D eigenvalue weighted by molar-refractivity contribution is -0.139. The number of sulfonamides is 1. The minimum Gasteiger partial charge on any atom is -0.497 e. The molecule has 0 heterocycles. The van der Waals surface area contributed by atoms with Crippen LogP contribution in [0, 0.1) is 12.7 Å². The molecule has 0 saturated heterocycles. The van der Waals surface area contributed by atoms with Gasteiger partial charge in [0.15, 0.2) is 0 Å². The van der Waals surface area contributed by atoms with Crippen LogP contribution in [0.5, 0.6) is 11.5 Å². The van der Waals surface area contributed by atoms with E-state index in [2.05, 4.69) is 5.32 Å². The molecule has 0 spiro atoms. The summed E-state index contributed by atoms with van der Waals surface area (Å²) < 4.78 is 54.8. The molecule has 0 radical (unpaired) electrons. The van der Waals surface area contributed by atoms with E-state index in [1.807, 2.05) is 6.92 Å². The molecular weight excluding hydrogens is 573 g/mol. The summed E-state index contributed by atoms with van der Waals surface area (Å²) in [5, 5.41) is 3.00. The minimum absolute atomic E-state index is 0.000165. The van der Waals surface area contributed by atoms with Crippen molar-refractivity contribution in [1.82, 2.24) is 10.2 Å². The highest BCUT2D eigenvalue weighted by Crippen LogP contribution is 2.36. The molecule has 0 unspecified atom stereocenters. The summed E-state index contributed by atoms with van der Waals surface area (Å²) in [5.74, 6) is -1.08. The fourth-order valence-corrected chi connectivity index (χ4v) is 6.54. The van der Waals surface area contributed by atoms with Crippen LogP contribution in [0.15, 0.2) is 71.6 Å². The van der Waals surface area contributed by atoms with Crippen molar-refractivity contribution >= 4 is 27.5 Å². The van der Waals surface area contributed by atoms with E-state index >= 15 is 0 Å². The van der Waals surface area contributed by atoms with Crippen molar-refractivity contribution in [2.45, 2.75) is 63.1 Å². The van der Waals surface area contributed by atoms with Crippen molar-refractivity contribution in [2.24, 2.45) is 0 Å². The molecule has 2 amide bonds. The summed E-state index contributed by atoms with van der Waals surface area (Å²) in [6, 6.07) is 15.8. The monoisotopic (exact) mass is 611 g/mol. The third-order valence-electron chi connectivity index (χ3n) is 7.71. The second kappa shape index (κ2) is 13.9. The number of ether oxygens (including phenoxy) is 2. The Kier molecular flexibility index (Phi) is 10.3. The van der Waals surface area contributed by atoms with Gasteiger partial charge in [0.25, 0.3) is 10.0 Å². The van der Waals surface area contributed by atoms with Crippen LogP contribution in [0.3, 0.4) is 0 Å². The lowest BCUT2D eigenvalue weighted by Crippen LogP contribution is -2.52. The molecule has 11 heteroatoms. The number of nitrogens with zero attached hydrogens (tertiary/aromatic N) is 2. The Bertz CT molecular complexity index is 1540. The average molecular weight is 612 g/mol. The highest BCUT2D eigenvalue weighted by molar-refractivity contribution is 7.92. The van der Waals surface area contributed by atoms with Gasteiger partial charge in [-0.1, -0.05) is 48.7 Å². The molecule has 3 aromatic rings. The largest absolute Gasteiger partial charge is 0.497 e. The molecule has 0 aliphatic heterocycles. The Hall–Kier alpha value is -4.12. The zero-order chi connectivity index (χ0) is 31.1. The Labute approximate surface area is 252 Å². The summed E-state index contributed by atoms with van der Waals surface area (Å²) in [5.41, 5.74) is 1.13. The van der Waals surface area contributed by atoms with Gasteiger partial charge < -0.3 is 19.7 Å². The molecule has 230 valence electrons. The summed E-state index contributed by atoms with van der Waals surface area (Å²) in [4.78, 5) is 28.7. The number of carbonyl (C=O) groups is 2. The van der Waals surface area contributed by atoms with Gasteiger partial charge in [0.1, 0.15) is 29.9 Å². The first-order valence-corrected chi connectivity index (χ1v) is 15.6. The van der Waals surface area contributed by atoms with E-state index < -0.39 is 34.3 Å². The van der Waals surface area contributed by atoms with E-state index in [1.165, 1.54) is 55.5 Å². The molecule has 3 aromatic carbocycles. The summed E-state index contributed by atoms with van der Waals surface area (Å²) in [6.45, 7) is 2.48. The normalized spacial score (nSPS) is 14.2. The van der Waals surface area contributed by atoms with Crippen LogP contribution < -0.4 is 19.1 Å². The number of anilines is 1. The molecule has 1 atom stereocenters. The molecule has 1 N–H and O–H groups in total. The van der Waals surface area contributed by atoms with Crippen LogP contribution >= 0.6 is 0 Å². The second-order valence-corrected chi connectivity index (χ2v) is 12.5. The predicted molar refractivity (Wildman–Crippen MR) is 162 cm³/mol.